The zero-order valence-corrected chi connectivity index (χ0v) is 16.5. The lowest BCUT2D eigenvalue weighted by molar-refractivity contribution is 0.120. The van der Waals surface area contributed by atoms with Crippen LogP contribution in [0.25, 0.3) is 16.6 Å². The summed E-state index contributed by atoms with van der Waals surface area (Å²) < 4.78 is 7.41. The lowest BCUT2D eigenvalue weighted by Gasteiger charge is -2.34. The molecule has 1 aliphatic heterocycles. The Kier molecular flexibility index (Phi) is 5.15. The summed E-state index contributed by atoms with van der Waals surface area (Å²) in [4.78, 5) is 8.46. The van der Waals surface area contributed by atoms with E-state index in [9.17, 15) is 0 Å². The third kappa shape index (κ3) is 4.11. The summed E-state index contributed by atoms with van der Waals surface area (Å²) in [5.41, 5.74) is 3.66. The van der Waals surface area contributed by atoms with Crippen molar-refractivity contribution in [1.29, 1.82) is 0 Å². The lowest BCUT2D eigenvalue weighted by Crippen LogP contribution is -2.46. The van der Waals surface area contributed by atoms with Crippen LogP contribution in [-0.2, 0) is 13.0 Å². The number of hydrogen-bond acceptors (Lipinski definition) is 5. The van der Waals surface area contributed by atoms with Crippen LogP contribution in [0.4, 0.5) is 0 Å². The highest BCUT2D eigenvalue weighted by Gasteiger charge is 2.17. The highest BCUT2D eigenvalue weighted by Crippen LogP contribution is 2.23. The van der Waals surface area contributed by atoms with Gasteiger partial charge in [-0.3, -0.25) is 9.47 Å². The molecule has 0 radical (unpaired) electrons. The van der Waals surface area contributed by atoms with Crippen molar-refractivity contribution < 1.29 is 4.42 Å². The Morgan fingerprint density at radius 2 is 1.83 bits per heavy atom. The predicted molar refractivity (Wildman–Crippen MR) is 112 cm³/mol. The first kappa shape index (κ1) is 18.1. The second-order valence-corrected chi connectivity index (χ2v) is 7.71. The van der Waals surface area contributed by atoms with Crippen LogP contribution in [0.15, 0.2) is 59.9 Å². The van der Waals surface area contributed by atoms with Crippen molar-refractivity contribution in [3.8, 4) is 5.69 Å². The molecular weight excluding hydrogens is 364 g/mol. The molecule has 4 aromatic rings. The summed E-state index contributed by atoms with van der Waals surface area (Å²) in [6.45, 7) is 6.54. The fraction of sp³-hybridized carbons (Fsp3) is 0.364. The molecule has 0 amide bonds. The Hall–Kier alpha value is -2.90. The Morgan fingerprint density at radius 3 is 2.62 bits per heavy atom. The number of rotatable bonds is 7. The molecule has 29 heavy (non-hydrogen) atoms. The van der Waals surface area contributed by atoms with Gasteiger partial charge in [0, 0.05) is 49.0 Å². The van der Waals surface area contributed by atoms with Crippen LogP contribution in [0.1, 0.15) is 17.7 Å². The van der Waals surface area contributed by atoms with Gasteiger partial charge in [-0.05, 0) is 55.3 Å². The molecule has 0 spiro atoms. The number of aryl methyl sites for hydroxylation is 1. The molecule has 1 aliphatic rings. The Balaban J connectivity index is 1.14. The number of fused-ring (bicyclic) bond motifs is 1. The molecule has 7 nitrogen and oxygen atoms in total. The summed E-state index contributed by atoms with van der Waals surface area (Å²) in [5.74, 6) is 1.06. The number of aromatic amines is 1. The van der Waals surface area contributed by atoms with Crippen LogP contribution in [0.2, 0.25) is 0 Å². The van der Waals surface area contributed by atoms with Gasteiger partial charge in [0.2, 0.25) is 0 Å². The second kappa shape index (κ2) is 8.23. The van der Waals surface area contributed by atoms with Crippen LogP contribution in [0.3, 0.4) is 0 Å². The van der Waals surface area contributed by atoms with Gasteiger partial charge in [-0.2, -0.15) is 0 Å². The Labute approximate surface area is 169 Å². The highest BCUT2D eigenvalue weighted by atomic mass is 16.3. The van der Waals surface area contributed by atoms with Crippen molar-refractivity contribution in [1.82, 2.24) is 29.5 Å². The number of furan rings is 1. The van der Waals surface area contributed by atoms with Gasteiger partial charge in [-0.1, -0.05) is 0 Å². The summed E-state index contributed by atoms with van der Waals surface area (Å²) in [6, 6.07) is 10.5. The molecule has 0 aliphatic carbocycles. The molecule has 1 N–H and O–H groups in total. The number of piperazine rings is 1. The van der Waals surface area contributed by atoms with E-state index in [0.29, 0.717) is 0 Å². The number of nitrogens with one attached hydrogen (secondary N) is 1. The van der Waals surface area contributed by atoms with Gasteiger partial charge < -0.3 is 14.3 Å². The molecule has 0 saturated carbocycles. The molecule has 7 heteroatoms. The van der Waals surface area contributed by atoms with E-state index in [2.05, 4.69) is 55.4 Å². The average molecular weight is 390 g/mol. The van der Waals surface area contributed by atoms with E-state index < -0.39 is 0 Å². The van der Waals surface area contributed by atoms with Crippen LogP contribution >= 0.6 is 0 Å². The minimum Gasteiger partial charge on any atom is -0.468 e. The van der Waals surface area contributed by atoms with E-state index >= 15 is 0 Å². The van der Waals surface area contributed by atoms with Crippen molar-refractivity contribution in [3.63, 3.8) is 0 Å². The maximum atomic E-state index is 5.47. The third-order valence-corrected chi connectivity index (χ3v) is 5.81. The molecule has 1 saturated heterocycles. The molecule has 3 aromatic heterocycles. The first-order valence-electron chi connectivity index (χ1n) is 10.3. The van der Waals surface area contributed by atoms with E-state index in [4.69, 9.17) is 4.42 Å². The second-order valence-electron chi connectivity index (χ2n) is 7.71. The van der Waals surface area contributed by atoms with Crippen LogP contribution in [-0.4, -0.2) is 62.3 Å². The number of H-pyrrole nitrogens is 1. The van der Waals surface area contributed by atoms with Gasteiger partial charge in [-0.15, -0.1) is 10.2 Å². The summed E-state index contributed by atoms with van der Waals surface area (Å²) >= 11 is 0. The number of hydrogen-bond donors (Lipinski definition) is 1. The zero-order valence-electron chi connectivity index (χ0n) is 16.5. The quantitative estimate of drug-likeness (QED) is 0.525. The molecule has 0 bridgehead atoms. The van der Waals surface area contributed by atoms with Crippen LogP contribution < -0.4 is 0 Å². The van der Waals surface area contributed by atoms with Crippen molar-refractivity contribution in [3.05, 3.63) is 66.8 Å². The smallest absolute Gasteiger partial charge is 0.123 e. The van der Waals surface area contributed by atoms with Gasteiger partial charge in [0.1, 0.15) is 18.4 Å². The van der Waals surface area contributed by atoms with E-state index in [1.807, 2.05) is 10.6 Å². The minimum atomic E-state index is 0.922. The van der Waals surface area contributed by atoms with Gasteiger partial charge in [-0.25, -0.2) is 0 Å². The maximum absolute atomic E-state index is 5.47. The van der Waals surface area contributed by atoms with Gasteiger partial charge >= 0.3 is 0 Å². The molecular formula is C22H26N6O. The largest absolute Gasteiger partial charge is 0.468 e. The molecule has 1 aromatic carbocycles. The first-order chi connectivity index (χ1) is 14.3. The Morgan fingerprint density at radius 1 is 1.00 bits per heavy atom. The molecule has 0 atom stereocenters. The van der Waals surface area contributed by atoms with Crippen molar-refractivity contribution in [2.75, 3.05) is 32.7 Å². The van der Waals surface area contributed by atoms with E-state index in [-0.39, 0.29) is 0 Å². The van der Waals surface area contributed by atoms with Crippen molar-refractivity contribution in [2.45, 2.75) is 19.4 Å². The van der Waals surface area contributed by atoms with Gasteiger partial charge in [0.15, 0.2) is 0 Å². The average Bonchev–Trinajstić information content (AvgIpc) is 3.51. The SMILES string of the molecule is c1coc(CN2CCN(CCCc3c[nH]c4ccc(-n5cnnc5)cc34)CC2)c1. The topological polar surface area (TPSA) is 66.1 Å². The third-order valence-electron chi connectivity index (χ3n) is 5.81. The van der Waals surface area contributed by atoms with E-state index in [0.717, 1.165) is 57.1 Å². The summed E-state index contributed by atoms with van der Waals surface area (Å²) in [6.07, 6.45) is 9.63. The maximum Gasteiger partial charge on any atom is 0.123 e. The summed E-state index contributed by atoms with van der Waals surface area (Å²) in [7, 11) is 0. The fourth-order valence-corrected chi connectivity index (χ4v) is 4.15. The monoisotopic (exact) mass is 390 g/mol. The van der Waals surface area contributed by atoms with Gasteiger partial charge in [0.25, 0.3) is 0 Å². The predicted octanol–water partition coefficient (Wildman–Crippen LogP) is 3.09. The van der Waals surface area contributed by atoms with Crippen molar-refractivity contribution in [2.24, 2.45) is 0 Å². The Bertz CT molecular complexity index is 1030. The molecule has 150 valence electrons. The summed E-state index contributed by atoms with van der Waals surface area (Å²) in [5, 5.41) is 9.11. The van der Waals surface area contributed by atoms with Crippen LogP contribution in [0.5, 0.6) is 0 Å². The zero-order chi connectivity index (χ0) is 19.5. The first-order valence-corrected chi connectivity index (χ1v) is 10.3. The molecule has 0 unspecified atom stereocenters. The normalized spacial score (nSPS) is 16.0. The number of aromatic nitrogens is 4. The standard InChI is InChI=1S/C22H26N6O/c1(7-26-8-10-27(11-9-26)15-20-4-2-12-29-20)3-18-14-23-22-6-5-19(13-21(18)22)28-16-24-25-17-28/h2,4-6,12-14,16-17,23H,1,3,7-11,15H2. The molecule has 4 heterocycles. The van der Waals surface area contributed by atoms with Gasteiger partial charge in [0.05, 0.1) is 12.8 Å². The van der Waals surface area contributed by atoms with E-state index in [1.165, 1.54) is 22.9 Å². The lowest BCUT2D eigenvalue weighted by atomic mass is 10.1. The highest BCUT2D eigenvalue weighted by molar-refractivity contribution is 5.85. The minimum absolute atomic E-state index is 0.922. The van der Waals surface area contributed by atoms with Crippen molar-refractivity contribution >= 4 is 10.9 Å². The van der Waals surface area contributed by atoms with E-state index in [1.54, 1.807) is 18.9 Å². The number of benzene rings is 1. The molecule has 1 fully saturated rings. The molecule has 5 rings (SSSR count). The number of nitrogens with zero attached hydrogens (tertiary/aromatic N) is 5. The van der Waals surface area contributed by atoms with Crippen LogP contribution in [0, 0.1) is 0 Å². The fourth-order valence-electron chi connectivity index (χ4n) is 4.15.